The topological polar surface area (TPSA) is 20.3 Å². The number of thioether (sulfide) groups is 1. The van der Waals surface area contributed by atoms with E-state index in [0.717, 1.165) is 30.2 Å². The van der Waals surface area contributed by atoms with Crippen LogP contribution < -0.4 is 0 Å². The zero-order valence-corrected chi connectivity index (χ0v) is 12.6. The molecule has 0 radical (unpaired) electrons. The van der Waals surface area contributed by atoms with E-state index in [0.29, 0.717) is 5.91 Å². The quantitative estimate of drug-likeness (QED) is 0.814. The molecule has 19 heavy (non-hydrogen) atoms. The largest absolute Gasteiger partial charge is 0.306 e. The van der Waals surface area contributed by atoms with Crippen LogP contribution in [-0.2, 0) is 4.79 Å². The lowest BCUT2D eigenvalue weighted by Gasteiger charge is -2.26. The minimum atomic E-state index is 0.277. The van der Waals surface area contributed by atoms with Gasteiger partial charge in [-0.2, -0.15) is 0 Å². The fourth-order valence-corrected chi connectivity index (χ4v) is 4.59. The molecule has 1 amide bonds. The highest BCUT2D eigenvalue weighted by Gasteiger charge is 2.30. The van der Waals surface area contributed by atoms with Crippen LogP contribution in [0.1, 0.15) is 37.0 Å². The highest BCUT2D eigenvalue weighted by Crippen LogP contribution is 2.34. The van der Waals surface area contributed by atoms with E-state index in [-0.39, 0.29) is 5.92 Å². The van der Waals surface area contributed by atoms with Gasteiger partial charge in [-0.3, -0.25) is 4.79 Å². The predicted octanol–water partition coefficient (Wildman–Crippen LogP) is 4.20. The SMILES string of the molecule is O=C(C1CCCCC1)N1CCS/C1=C/c1cccs1. The number of hydrogen-bond acceptors (Lipinski definition) is 3. The third kappa shape index (κ3) is 3.06. The van der Waals surface area contributed by atoms with Crippen molar-refractivity contribution < 1.29 is 4.79 Å². The molecule has 4 heteroatoms. The Labute approximate surface area is 122 Å². The second kappa shape index (κ2) is 6.14. The molecule has 0 unspecified atom stereocenters. The average Bonchev–Trinajstić information content (AvgIpc) is 3.11. The maximum absolute atomic E-state index is 12.6. The molecule has 0 spiro atoms. The molecule has 2 nitrogen and oxygen atoms in total. The number of hydrogen-bond donors (Lipinski definition) is 0. The Morgan fingerprint density at radius 1 is 1.32 bits per heavy atom. The van der Waals surface area contributed by atoms with Crippen LogP contribution in [-0.4, -0.2) is 23.1 Å². The Hall–Kier alpha value is -0.740. The van der Waals surface area contributed by atoms with Crippen molar-refractivity contribution in [2.75, 3.05) is 12.3 Å². The summed E-state index contributed by atoms with van der Waals surface area (Å²) < 4.78 is 0. The van der Waals surface area contributed by atoms with Gasteiger partial charge in [0.15, 0.2) is 0 Å². The van der Waals surface area contributed by atoms with Crippen LogP contribution in [0.4, 0.5) is 0 Å². The third-order valence-corrected chi connectivity index (χ3v) is 5.70. The highest BCUT2D eigenvalue weighted by atomic mass is 32.2. The van der Waals surface area contributed by atoms with Crippen molar-refractivity contribution in [2.45, 2.75) is 32.1 Å². The molecule has 1 saturated carbocycles. The molecule has 1 aromatic heterocycles. The van der Waals surface area contributed by atoms with E-state index < -0.39 is 0 Å². The van der Waals surface area contributed by atoms with Crippen molar-refractivity contribution in [3.8, 4) is 0 Å². The first-order valence-corrected chi connectivity index (χ1v) is 8.90. The summed E-state index contributed by atoms with van der Waals surface area (Å²) in [7, 11) is 0. The minimum Gasteiger partial charge on any atom is -0.306 e. The minimum absolute atomic E-state index is 0.277. The summed E-state index contributed by atoms with van der Waals surface area (Å²) in [6.45, 7) is 0.886. The van der Waals surface area contributed by atoms with E-state index in [4.69, 9.17) is 0 Å². The summed E-state index contributed by atoms with van der Waals surface area (Å²) in [5, 5.41) is 3.23. The molecule has 102 valence electrons. The summed E-state index contributed by atoms with van der Waals surface area (Å²) in [6.07, 6.45) is 8.10. The molecule has 2 aliphatic rings. The van der Waals surface area contributed by atoms with Crippen LogP contribution in [0.3, 0.4) is 0 Å². The normalized spacial score (nSPS) is 23.2. The van der Waals surface area contributed by atoms with E-state index in [1.165, 1.54) is 24.1 Å². The van der Waals surface area contributed by atoms with Gasteiger partial charge >= 0.3 is 0 Å². The van der Waals surface area contributed by atoms with Gasteiger partial charge in [-0.15, -0.1) is 23.1 Å². The van der Waals surface area contributed by atoms with Crippen LogP contribution in [0.2, 0.25) is 0 Å². The zero-order valence-electron chi connectivity index (χ0n) is 11.0. The van der Waals surface area contributed by atoms with E-state index in [9.17, 15) is 4.79 Å². The van der Waals surface area contributed by atoms with Crippen LogP contribution in [0.25, 0.3) is 6.08 Å². The number of rotatable bonds is 2. The summed E-state index contributed by atoms with van der Waals surface area (Å²) in [6, 6.07) is 4.17. The second-order valence-electron chi connectivity index (χ2n) is 5.17. The molecule has 1 aliphatic carbocycles. The first kappa shape index (κ1) is 13.3. The molecule has 1 saturated heterocycles. The van der Waals surface area contributed by atoms with Crippen molar-refractivity contribution in [2.24, 2.45) is 5.92 Å². The van der Waals surface area contributed by atoms with Crippen LogP contribution in [0.15, 0.2) is 22.5 Å². The maximum atomic E-state index is 12.6. The van der Waals surface area contributed by atoms with Crippen LogP contribution in [0, 0.1) is 5.92 Å². The average molecular weight is 293 g/mol. The summed E-state index contributed by atoms with van der Waals surface area (Å²) in [4.78, 5) is 15.9. The standard InChI is InChI=1S/C15H19NOS2/c17-15(12-5-2-1-3-6-12)16-8-10-19-14(16)11-13-7-4-9-18-13/h4,7,9,11-12H,1-3,5-6,8,10H2/b14-11+. The Bertz CT molecular complexity index is 460. The smallest absolute Gasteiger partial charge is 0.230 e. The molecule has 0 atom stereocenters. The molecule has 2 heterocycles. The monoisotopic (exact) mass is 293 g/mol. The Morgan fingerprint density at radius 2 is 2.16 bits per heavy atom. The number of nitrogens with zero attached hydrogens (tertiary/aromatic N) is 1. The second-order valence-corrected chi connectivity index (χ2v) is 7.27. The zero-order chi connectivity index (χ0) is 13.1. The van der Waals surface area contributed by atoms with Crippen molar-refractivity contribution >= 4 is 35.1 Å². The molecule has 0 N–H and O–H groups in total. The van der Waals surface area contributed by atoms with Gasteiger partial charge < -0.3 is 4.90 Å². The van der Waals surface area contributed by atoms with Gasteiger partial charge in [0.2, 0.25) is 5.91 Å². The maximum Gasteiger partial charge on any atom is 0.230 e. The fraction of sp³-hybridized carbons (Fsp3) is 0.533. The lowest BCUT2D eigenvalue weighted by Crippen LogP contribution is -2.33. The van der Waals surface area contributed by atoms with Crippen molar-refractivity contribution in [3.63, 3.8) is 0 Å². The molecule has 0 bridgehead atoms. The van der Waals surface area contributed by atoms with Crippen molar-refractivity contribution in [1.82, 2.24) is 4.90 Å². The number of carbonyl (C=O) groups is 1. The number of thiophene rings is 1. The lowest BCUT2D eigenvalue weighted by molar-refractivity contribution is -0.133. The number of carbonyl (C=O) groups excluding carboxylic acids is 1. The number of amides is 1. The molecule has 1 aliphatic heterocycles. The molecule has 1 aromatic rings. The fourth-order valence-electron chi connectivity index (χ4n) is 2.83. The first-order valence-electron chi connectivity index (χ1n) is 7.04. The summed E-state index contributed by atoms with van der Waals surface area (Å²) in [5.74, 6) is 1.68. The van der Waals surface area contributed by atoms with E-state index >= 15 is 0 Å². The van der Waals surface area contributed by atoms with Crippen LogP contribution in [0.5, 0.6) is 0 Å². The van der Waals surface area contributed by atoms with Gasteiger partial charge in [-0.05, 0) is 30.4 Å². The van der Waals surface area contributed by atoms with Gasteiger partial charge in [0.25, 0.3) is 0 Å². The Balaban J connectivity index is 1.73. The van der Waals surface area contributed by atoms with E-state index in [2.05, 4.69) is 23.6 Å². The van der Waals surface area contributed by atoms with Crippen molar-refractivity contribution in [3.05, 3.63) is 27.4 Å². The van der Waals surface area contributed by atoms with E-state index in [1.807, 2.05) is 16.7 Å². The molecular weight excluding hydrogens is 274 g/mol. The van der Waals surface area contributed by atoms with E-state index in [1.54, 1.807) is 11.3 Å². The van der Waals surface area contributed by atoms with Gasteiger partial charge in [0.05, 0.1) is 5.03 Å². The Morgan fingerprint density at radius 3 is 2.89 bits per heavy atom. The molecular formula is C15H19NOS2. The van der Waals surface area contributed by atoms with Gasteiger partial charge in [0.1, 0.15) is 0 Å². The molecule has 2 fully saturated rings. The van der Waals surface area contributed by atoms with Crippen molar-refractivity contribution in [1.29, 1.82) is 0 Å². The Kier molecular flexibility index (Phi) is 4.28. The summed E-state index contributed by atoms with van der Waals surface area (Å²) >= 11 is 3.55. The highest BCUT2D eigenvalue weighted by molar-refractivity contribution is 8.03. The third-order valence-electron chi connectivity index (χ3n) is 3.86. The van der Waals surface area contributed by atoms with Gasteiger partial charge in [-0.1, -0.05) is 25.3 Å². The summed E-state index contributed by atoms with van der Waals surface area (Å²) in [5.41, 5.74) is 0. The lowest BCUT2D eigenvalue weighted by atomic mass is 9.88. The molecule has 3 rings (SSSR count). The first-order chi connectivity index (χ1) is 9.34. The van der Waals surface area contributed by atoms with Gasteiger partial charge in [-0.25, -0.2) is 0 Å². The van der Waals surface area contributed by atoms with Crippen LogP contribution >= 0.6 is 23.1 Å². The predicted molar refractivity (Wildman–Crippen MR) is 83.0 cm³/mol. The molecule has 0 aromatic carbocycles. The van der Waals surface area contributed by atoms with Gasteiger partial charge in [0, 0.05) is 23.1 Å².